The zero-order chi connectivity index (χ0) is 50.6. The monoisotopic (exact) mass is 976 g/mol. The summed E-state index contributed by atoms with van der Waals surface area (Å²) in [6.45, 7) is 2.37. The van der Waals surface area contributed by atoms with Crippen molar-refractivity contribution in [1.29, 1.82) is 0 Å². The Morgan fingerprint density at radius 3 is 2.34 bits per heavy atom. The molecule has 2 aromatic carbocycles. The SMILES string of the molecule is CC(=O)OCc1c(O)cc2n(c1=O)Cc1c-2nc2cc3c(cc2c1CNC(=O)OCc1ccc(OC(OC(C(=O)O)[C@H](C)O)C(O)O)c(NC(=O)CCNC(=O)CCN2C(=O)CC(C)C2=O)c1)OCO3. The summed E-state index contributed by atoms with van der Waals surface area (Å²) in [7, 11) is 0. The second-order valence-electron chi connectivity index (χ2n) is 16.4. The van der Waals surface area contributed by atoms with Gasteiger partial charge in [0.15, 0.2) is 17.6 Å². The molecule has 0 spiro atoms. The lowest BCUT2D eigenvalue weighted by Crippen LogP contribution is -2.44. The number of anilines is 1. The number of nitrogens with one attached hydrogen (secondary N) is 3. The fourth-order valence-corrected chi connectivity index (χ4v) is 7.79. The number of pyridine rings is 2. The van der Waals surface area contributed by atoms with Crippen LogP contribution >= 0.6 is 0 Å². The fourth-order valence-electron chi connectivity index (χ4n) is 7.79. The van der Waals surface area contributed by atoms with Crippen molar-refractivity contribution in [2.45, 2.75) is 91.1 Å². The number of imide groups is 1. The number of aromatic hydroxyl groups is 1. The standard InChI is InChI=1S/C45H48N6O19/c1-20-10-37(57)50(40(20)58)9-7-35(55)46-8-6-36(56)48-29-11-23(4-5-32(29)69-44(43(62)63)70-39(21(2)52)42(60)61)17-66-45(64)47-15-25-24-12-33-34(68-19-67-33)13-28(24)49-38-26(25)16-51-30(38)14-31(54)27(41(51)59)18-65-22(3)53/h4-5,11-14,20-21,39,43-44,52,54,62-63H,6-10,15-19H2,1-3H3,(H,46,55)(H,47,64)(H,48,56)(H,60,61)/t20?,21-,39?,44?/m0/s1. The van der Waals surface area contributed by atoms with Gasteiger partial charge in [-0.25, -0.2) is 14.6 Å². The number of ether oxygens (including phenoxy) is 6. The number of carboxylic acid groups (broad SMARTS) is 1. The van der Waals surface area contributed by atoms with Crippen LogP contribution in [-0.2, 0) is 69.3 Å². The highest BCUT2D eigenvalue weighted by Crippen LogP contribution is 2.42. The maximum Gasteiger partial charge on any atom is 0.407 e. The summed E-state index contributed by atoms with van der Waals surface area (Å²) in [6.07, 6.45) is -9.61. The van der Waals surface area contributed by atoms with Crippen molar-refractivity contribution in [3.63, 3.8) is 0 Å². The number of esters is 1. The number of likely N-dealkylation sites (tertiary alicyclic amines) is 1. The molecule has 0 aliphatic carbocycles. The lowest BCUT2D eigenvalue weighted by Gasteiger charge is -2.26. The number of benzene rings is 2. The average Bonchev–Trinajstić information content (AvgIpc) is 3.98. The van der Waals surface area contributed by atoms with Gasteiger partial charge in [0.05, 0.1) is 40.8 Å². The summed E-state index contributed by atoms with van der Waals surface area (Å²) in [5.41, 5.74) is 1.34. The summed E-state index contributed by atoms with van der Waals surface area (Å²) in [5, 5.41) is 58.6. The van der Waals surface area contributed by atoms with Gasteiger partial charge in [0.2, 0.25) is 36.7 Å². The molecule has 0 saturated carbocycles. The fraction of sp³-hybridized carbons (Fsp3) is 0.400. The van der Waals surface area contributed by atoms with E-state index in [1.807, 2.05) is 0 Å². The smallest absolute Gasteiger partial charge is 0.407 e. The molecule has 0 radical (unpaired) electrons. The molecule has 1 saturated heterocycles. The van der Waals surface area contributed by atoms with Gasteiger partial charge in [0.1, 0.15) is 24.7 Å². The van der Waals surface area contributed by atoms with Crippen LogP contribution in [0.25, 0.3) is 22.3 Å². The minimum absolute atomic E-state index is 0.0345. The van der Waals surface area contributed by atoms with E-state index in [0.29, 0.717) is 39.2 Å². The van der Waals surface area contributed by atoms with Crippen molar-refractivity contribution < 1.29 is 87.5 Å². The van der Waals surface area contributed by atoms with Crippen LogP contribution in [0.3, 0.4) is 0 Å². The first-order valence-corrected chi connectivity index (χ1v) is 21.7. The van der Waals surface area contributed by atoms with Crippen LogP contribution in [-0.4, -0.2) is 126 Å². The van der Waals surface area contributed by atoms with Gasteiger partial charge in [0, 0.05) is 74.8 Å². The van der Waals surface area contributed by atoms with Crippen LogP contribution in [0.5, 0.6) is 23.0 Å². The molecule has 25 nitrogen and oxygen atoms in total. The molecule has 25 heteroatoms. The van der Waals surface area contributed by atoms with Crippen molar-refractivity contribution in [3.8, 4) is 34.4 Å². The molecule has 372 valence electrons. The lowest BCUT2D eigenvalue weighted by molar-refractivity contribution is -0.247. The van der Waals surface area contributed by atoms with Crippen LogP contribution in [0, 0.1) is 5.92 Å². The molecule has 3 unspecified atom stereocenters. The van der Waals surface area contributed by atoms with Crippen molar-refractivity contribution in [2.75, 3.05) is 25.2 Å². The molecule has 5 amide bonds. The second kappa shape index (κ2) is 21.2. The lowest BCUT2D eigenvalue weighted by atomic mass is 10.00. The number of aliphatic hydroxyl groups is 3. The van der Waals surface area contributed by atoms with Gasteiger partial charge in [-0.05, 0) is 36.2 Å². The van der Waals surface area contributed by atoms with E-state index in [9.17, 15) is 63.9 Å². The summed E-state index contributed by atoms with van der Waals surface area (Å²) in [4.78, 5) is 106. The summed E-state index contributed by atoms with van der Waals surface area (Å²) in [5.74, 6) is -4.70. The Bertz CT molecular complexity index is 2830. The third-order valence-electron chi connectivity index (χ3n) is 11.3. The predicted octanol–water partition coefficient (Wildman–Crippen LogP) is 0.445. The maximum absolute atomic E-state index is 13.6. The number of nitrogens with zero attached hydrogens (tertiary/aromatic N) is 3. The van der Waals surface area contributed by atoms with E-state index in [1.165, 1.54) is 28.8 Å². The molecule has 4 atom stereocenters. The van der Waals surface area contributed by atoms with Gasteiger partial charge in [-0.15, -0.1) is 0 Å². The van der Waals surface area contributed by atoms with Gasteiger partial charge in [0.25, 0.3) is 11.8 Å². The van der Waals surface area contributed by atoms with Gasteiger partial charge < -0.3 is 74.5 Å². The summed E-state index contributed by atoms with van der Waals surface area (Å²) >= 11 is 0. The van der Waals surface area contributed by atoms with Gasteiger partial charge in [-0.2, -0.15) is 0 Å². The number of carbonyl (C=O) groups is 7. The number of carboxylic acids is 1. The van der Waals surface area contributed by atoms with Crippen LogP contribution in [0.2, 0.25) is 0 Å². The van der Waals surface area contributed by atoms with Crippen LogP contribution in [0.4, 0.5) is 10.5 Å². The van der Waals surface area contributed by atoms with Gasteiger partial charge in [-0.3, -0.25) is 33.7 Å². The van der Waals surface area contributed by atoms with Gasteiger partial charge in [-0.1, -0.05) is 13.0 Å². The topological polar surface area (TPSA) is 350 Å². The number of carbonyl (C=O) groups excluding carboxylic acids is 6. The summed E-state index contributed by atoms with van der Waals surface area (Å²) in [6, 6.07) is 8.52. The zero-order valence-electron chi connectivity index (χ0n) is 37.7. The second-order valence-corrected chi connectivity index (χ2v) is 16.4. The van der Waals surface area contributed by atoms with E-state index in [4.69, 9.17) is 33.4 Å². The minimum atomic E-state index is -2.46. The number of rotatable bonds is 20. The highest BCUT2D eigenvalue weighted by atomic mass is 16.7. The van der Waals surface area contributed by atoms with E-state index in [1.54, 1.807) is 19.1 Å². The maximum atomic E-state index is 13.6. The normalized spacial score (nSPS) is 15.8. The molecule has 1 fully saturated rings. The first-order valence-electron chi connectivity index (χ1n) is 21.7. The van der Waals surface area contributed by atoms with Crippen LogP contribution in [0.15, 0.2) is 41.2 Å². The molecule has 8 N–H and O–H groups in total. The quantitative estimate of drug-likeness (QED) is 0.0298. The van der Waals surface area contributed by atoms with Gasteiger partial charge >= 0.3 is 18.0 Å². The van der Waals surface area contributed by atoms with E-state index in [2.05, 4.69) is 16.0 Å². The number of hydrogen-bond acceptors (Lipinski definition) is 19. The van der Waals surface area contributed by atoms with Crippen molar-refractivity contribution in [1.82, 2.24) is 25.1 Å². The van der Waals surface area contributed by atoms with Crippen LogP contribution in [0.1, 0.15) is 62.3 Å². The van der Waals surface area contributed by atoms with E-state index >= 15 is 0 Å². The molecule has 70 heavy (non-hydrogen) atoms. The predicted molar refractivity (Wildman–Crippen MR) is 235 cm³/mol. The molecule has 0 bridgehead atoms. The molecular weight excluding hydrogens is 929 g/mol. The Kier molecular flexibility index (Phi) is 15.1. The van der Waals surface area contributed by atoms with Crippen molar-refractivity contribution >= 4 is 58.3 Å². The Hall–Kier alpha value is -7.87. The van der Waals surface area contributed by atoms with Crippen molar-refractivity contribution in [3.05, 3.63) is 69.0 Å². The molecule has 3 aliphatic rings. The van der Waals surface area contributed by atoms with E-state index in [0.717, 1.165) is 18.7 Å². The molecule has 5 heterocycles. The Labute approximate surface area is 395 Å². The Morgan fingerprint density at radius 2 is 1.67 bits per heavy atom. The average molecular weight is 977 g/mol. The molecule has 7 rings (SSSR count). The highest BCUT2D eigenvalue weighted by molar-refractivity contribution is 6.03. The molecule has 2 aromatic heterocycles. The summed E-state index contributed by atoms with van der Waals surface area (Å²) < 4.78 is 33.7. The third-order valence-corrected chi connectivity index (χ3v) is 11.3. The number of aliphatic carboxylic acids is 1. The number of alkyl carbamates (subject to hydrolysis) is 1. The zero-order valence-corrected chi connectivity index (χ0v) is 37.7. The Morgan fingerprint density at radius 1 is 0.929 bits per heavy atom. The number of hydrogen-bond donors (Lipinski definition) is 8. The number of amides is 5. The third kappa shape index (κ3) is 11.2. The molecule has 4 aromatic rings. The number of fused-ring (bicyclic) bond motifs is 5. The van der Waals surface area contributed by atoms with Crippen molar-refractivity contribution in [2.24, 2.45) is 5.92 Å². The highest BCUT2D eigenvalue weighted by Gasteiger charge is 2.36. The first-order chi connectivity index (χ1) is 33.3. The largest absolute Gasteiger partial charge is 0.507 e. The Balaban J connectivity index is 1.06. The first kappa shape index (κ1) is 50.0. The van der Waals surface area contributed by atoms with Crippen LogP contribution < -0.4 is 35.7 Å². The van der Waals surface area contributed by atoms with E-state index < -0.39 is 85.1 Å². The molecular formula is C45H48N6O19. The molecule has 3 aliphatic heterocycles. The minimum Gasteiger partial charge on any atom is -0.507 e. The number of aromatic nitrogens is 2. The number of aliphatic hydroxyl groups excluding tert-OH is 2. The van der Waals surface area contributed by atoms with E-state index in [-0.39, 0.29) is 92.3 Å².